The summed E-state index contributed by atoms with van der Waals surface area (Å²) in [6, 6.07) is 2.30. The summed E-state index contributed by atoms with van der Waals surface area (Å²) in [6.07, 6.45) is -2.90. The number of hydrogen-bond donors (Lipinski definition) is 2. The maximum absolute atomic E-state index is 12.6. The van der Waals surface area contributed by atoms with Crippen LogP contribution in [0.5, 0.6) is 0 Å². The minimum atomic E-state index is -4.60. The van der Waals surface area contributed by atoms with E-state index in [-0.39, 0.29) is 17.6 Å². The second-order valence-electron chi connectivity index (χ2n) is 5.20. The molecule has 0 saturated carbocycles. The first-order valence-electron chi connectivity index (χ1n) is 6.94. The molecular formula is C13H14F3N5O2. The Bertz CT molecular complexity index is 716. The minimum Gasteiger partial charge on any atom is -0.372 e. The van der Waals surface area contributed by atoms with Crippen molar-refractivity contribution in [1.82, 2.24) is 20.0 Å². The molecule has 0 aromatic carbocycles. The van der Waals surface area contributed by atoms with Gasteiger partial charge in [0.15, 0.2) is 11.5 Å². The minimum absolute atomic E-state index is 0.0957. The number of rotatable bonds is 3. The number of ether oxygens (including phenoxy) is 1. The van der Waals surface area contributed by atoms with E-state index in [4.69, 9.17) is 4.74 Å². The van der Waals surface area contributed by atoms with Gasteiger partial charge in [-0.1, -0.05) is 0 Å². The van der Waals surface area contributed by atoms with Crippen LogP contribution >= 0.6 is 0 Å². The Morgan fingerprint density at radius 1 is 1.48 bits per heavy atom. The van der Waals surface area contributed by atoms with Crippen molar-refractivity contribution in [2.24, 2.45) is 7.05 Å². The average Bonchev–Trinajstić information content (AvgIpc) is 3.15. The number of nitrogens with zero attached hydrogens (tertiary/aromatic N) is 3. The topological polar surface area (TPSA) is 84.8 Å². The van der Waals surface area contributed by atoms with Gasteiger partial charge in [-0.3, -0.25) is 14.6 Å². The molecule has 1 atom stereocenters. The number of alkyl halides is 3. The molecule has 0 bridgehead atoms. The largest absolute Gasteiger partial charge is 0.435 e. The zero-order valence-corrected chi connectivity index (χ0v) is 12.1. The molecule has 0 unspecified atom stereocenters. The van der Waals surface area contributed by atoms with Gasteiger partial charge in [0.2, 0.25) is 0 Å². The molecule has 10 heteroatoms. The molecule has 1 aliphatic rings. The monoisotopic (exact) mass is 329 g/mol. The number of carbonyl (C=O) groups is 1. The Hall–Kier alpha value is -2.36. The molecule has 7 nitrogen and oxygen atoms in total. The number of amides is 1. The van der Waals surface area contributed by atoms with Crippen molar-refractivity contribution in [3.8, 4) is 0 Å². The molecule has 0 spiro atoms. The number of nitrogens with one attached hydrogen (secondary N) is 2. The smallest absolute Gasteiger partial charge is 0.372 e. The summed E-state index contributed by atoms with van der Waals surface area (Å²) in [6.45, 7) is 0.667. The number of carbonyl (C=O) groups excluding carboxylic acids is 1. The molecule has 1 fully saturated rings. The Labute approximate surface area is 128 Å². The van der Waals surface area contributed by atoms with Crippen molar-refractivity contribution in [3.63, 3.8) is 0 Å². The first-order valence-corrected chi connectivity index (χ1v) is 6.94. The normalized spacial score (nSPS) is 18.3. The molecule has 0 radical (unpaired) electrons. The number of halogens is 3. The van der Waals surface area contributed by atoms with E-state index in [1.807, 2.05) is 0 Å². The molecule has 2 aromatic rings. The Balaban J connectivity index is 1.73. The predicted molar refractivity (Wildman–Crippen MR) is 72.7 cm³/mol. The lowest BCUT2D eigenvalue weighted by atomic mass is 10.2. The van der Waals surface area contributed by atoms with Crippen LogP contribution in [0.1, 0.15) is 40.8 Å². The molecule has 2 aromatic heterocycles. The third-order valence-electron chi connectivity index (χ3n) is 3.52. The van der Waals surface area contributed by atoms with Crippen LogP contribution in [0.15, 0.2) is 12.1 Å². The van der Waals surface area contributed by atoms with Gasteiger partial charge in [0.05, 0.1) is 11.8 Å². The number of H-pyrrole nitrogens is 1. The second kappa shape index (κ2) is 5.69. The van der Waals surface area contributed by atoms with Gasteiger partial charge in [-0.15, -0.1) is 0 Å². The van der Waals surface area contributed by atoms with Gasteiger partial charge in [-0.05, 0) is 12.8 Å². The summed E-state index contributed by atoms with van der Waals surface area (Å²) in [5.74, 6) is -0.504. The summed E-state index contributed by atoms with van der Waals surface area (Å²) in [5.41, 5.74) is -0.606. The van der Waals surface area contributed by atoms with Crippen LogP contribution in [-0.2, 0) is 18.0 Å². The summed E-state index contributed by atoms with van der Waals surface area (Å²) in [7, 11) is 1.27. The van der Waals surface area contributed by atoms with Crippen LogP contribution in [0.2, 0.25) is 0 Å². The zero-order valence-electron chi connectivity index (χ0n) is 12.1. The van der Waals surface area contributed by atoms with E-state index in [9.17, 15) is 18.0 Å². The van der Waals surface area contributed by atoms with Crippen LogP contribution in [0.4, 0.5) is 19.0 Å². The summed E-state index contributed by atoms with van der Waals surface area (Å²) >= 11 is 0. The fraction of sp³-hybridized carbons (Fsp3) is 0.462. The van der Waals surface area contributed by atoms with Crippen LogP contribution in [0, 0.1) is 0 Å². The second-order valence-corrected chi connectivity index (χ2v) is 5.20. The highest BCUT2D eigenvalue weighted by molar-refractivity contribution is 6.02. The van der Waals surface area contributed by atoms with Gasteiger partial charge in [0.1, 0.15) is 5.69 Å². The van der Waals surface area contributed by atoms with E-state index in [0.29, 0.717) is 12.7 Å². The van der Waals surface area contributed by atoms with Crippen LogP contribution < -0.4 is 5.32 Å². The van der Waals surface area contributed by atoms with Gasteiger partial charge < -0.3 is 10.1 Å². The molecule has 1 saturated heterocycles. The number of anilines is 1. The van der Waals surface area contributed by atoms with Gasteiger partial charge >= 0.3 is 6.18 Å². The van der Waals surface area contributed by atoms with Gasteiger partial charge in [0, 0.05) is 25.8 Å². The van der Waals surface area contributed by atoms with Crippen LogP contribution in [0.3, 0.4) is 0 Å². The lowest BCUT2D eigenvalue weighted by Gasteiger charge is -2.04. The van der Waals surface area contributed by atoms with Crippen molar-refractivity contribution in [3.05, 3.63) is 29.2 Å². The number of hydrogen-bond acceptors (Lipinski definition) is 4. The van der Waals surface area contributed by atoms with Gasteiger partial charge in [0.25, 0.3) is 5.91 Å². The van der Waals surface area contributed by atoms with Crippen molar-refractivity contribution in [1.29, 1.82) is 0 Å². The zero-order chi connectivity index (χ0) is 16.6. The molecule has 0 aliphatic carbocycles. The Morgan fingerprint density at radius 3 is 2.87 bits per heavy atom. The molecule has 3 heterocycles. The maximum atomic E-state index is 12.6. The van der Waals surface area contributed by atoms with E-state index in [2.05, 4.69) is 20.6 Å². The first-order chi connectivity index (χ1) is 10.8. The molecule has 23 heavy (non-hydrogen) atoms. The standard InChI is InChI=1S/C13H14F3N5O2/c1-21-8(6-10(20-21)13(14,15)16)12(22)17-11-5-7(18-19-11)9-3-2-4-23-9/h5-6,9H,2-4H2,1H3,(H2,17,18,19,22)/t9-/m1/s1. The summed E-state index contributed by atoms with van der Waals surface area (Å²) in [5, 5.41) is 12.4. The lowest BCUT2D eigenvalue weighted by molar-refractivity contribution is -0.141. The maximum Gasteiger partial charge on any atom is 0.435 e. The molecule has 3 rings (SSSR count). The van der Waals surface area contributed by atoms with Crippen LogP contribution in [-0.4, -0.2) is 32.5 Å². The number of aromatic amines is 1. The summed E-state index contributed by atoms with van der Waals surface area (Å²) in [4.78, 5) is 12.1. The average molecular weight is 329 g/mol. The third-order valence-corrected chi connectivity index (χ3v) is 3.52. The highest BCUT2D eigenvalue weighted by atomic mass is 19.4. The summed E-state index contributed by atoms with van der Waals surface area (Å²) < 4.78 is 44.2. The first kappa shape index (κ1) is 15.5. The van der Waals surface area contributed by atoms with Crippen LogP contribution in [0.25, 0.3) is 0 Å². The fourth-order valence-electron chi connectivity index (χ4n) is 2.39. The van der Waals surface area contributed by atoms with Crippen molar-refractivity contribution in [2.75, 3.05) is 11.9 Å². The van der Waals surface area contributed by atoms with Crippen molar-refractivity contribution >= 4 is 11.7 Å². The molecule has 124 valence electrons. The Kier molecular flexibility index (Phi) is 3.84. The highest BCUT2D eigenvalue weighted by Crippen LogP contribution is 2.29. The van der Waals surface area contributed by atoms with E-state index in [1.54, 1.807) is 6.07 Å². The molecule has 1 amide bonds. The highest BCUT2D eigenvalue weighted by Gasteiger charge is 2.35. The van der Waals surface area contributed by atoms with Gasteiger partial charge in [-0.25, -0.2) is 0 Å². The fourth-order valence-corrected chi connectivity index (χ4v) is 2.39. The van der Waals surface area contributed by atoms with E-state index in [0.717, 1.165) is 23.2 Å². The van der Waals surface area contributed by atoms with Gasteiger partial charge in [-0.2, -0.15) is 23.4 Å². The Morgan fingerprint density at radius 2 is 2.26 bits per heavy atom. The quantitative estimate of drug-likeness (QED) is 0.904. The van der Waals surface area contributed by atoms with Crippen molar-refractivity contribution < 1.29 is 22.7 Å². The van der Waals surface area contributed by atoms with E-state index in [1.165, 1.54) is 7.05 Å². The lowest BCUT2D eigenvalue weighted by Crippen LogP contribution is -2.16. The molecule has 2 N–H and O–H groups in total. The molecule has 1 aliphatic heterocycles. The van der Waals surface area contributed by atoms with E-state index < -0.39 is 17.8 Å². The van der Waals surface area contributed by atoms with Crippen molar-refractivity contribution in [2.45, 2.75) is 25.1 Å². The third kappa shape index (κ3) is 3.21. The predicted octanol–water partition coefficient (Wildman–Crippen LogP) is 2.27. The number of aromatic nitrogens is 4. The number of aryl methyl sites for hydroxylation is 1. The van der Waals surface area contributed by atoms with E-state index >= 15 is 0 Å². The molecular weight excluding hydrogens is 315 g/mol. The SMILES string of the molecule is Cn1nc(C(F)(F)F)cc1C(=O)Nc1cc([C@H]2CCCO2)[nH]n1.